The number of thiocarbonyl (C=S) groups is 1. The second-order valence-corrected chi connectivity index (χ2v) is 6.20. The van der Waals surface area contributed by atoms with Crippen molar-refractivity contribution >= 4 is 23.4 Å². The van der Waals surface area contributed by atoms with Crippen molar-refractivity contribution in [2.75, 3.05) is 19.6 Å². The summed E-state index contributed by atoms with van der Waals surface area (Å²) in [6.07, 6.45) is 0.672. The van der Waals surface area contributed by atoms with Crippen LogP contribution in [0.15, 0.2) is 0 Å². The van der Waals surface area contributed by atoms with Crippen molar-refractivity contribution < 1.29 is 9.53 Å². The highest BCUT2D eigenvalue weighted by atomic mass is 32.1. The molecule has 0 radical (unpaired) electrons. The molecule has 0 bridgehead atoms. The van der Waals surface area contributed by atoms with Crippen LogP contribution >= 0.6 is 12.2 Å². The molecule has 0 aromatic heterocycles. The van der Waals surface area contributed by atoms with Crippen molar-refractivity contribution in [3.63, 3.8) is 0 Å². The second kappa shape index (κ2) is 8.96. The third-order valence-corrected chi connectivity index (χ3v) is 2.37. The third kappa shape index (κ3) is 13.2. The molecule has 0 aromatic carbocycles. The fourth-order valence-corrected chi connectivity index (χ4v) is 1.40. The Morgan fingerprint density at radius 1 is 1.11 bits per heavy atom. The predicted octanol–water partition coefficient (Wildman–Crippen LogP) is 2.02. The molecule has 6 heteroatoms. The van der Waals surface area contributed by atoms with Gasteiger partial charge in [-0.1, -0.05) is 13.8 Å². The van der Waals surface area contributed by atoms with Gasteiger partial charge in [-0.25, -0.2) is 4.79 Å². The number of hydrogen-bond donors (Lipinski definition) is 3. The molecule has 0 fully saturated rings. The minimum absolute atomic E-state index is 0.409. The lowest BCUT2D eigenvalue weighted by molar-refractivity contribution is 0.0529. The van der Waals surface area contributed by atoms with E-state index >= 15 is 0 Å². The normalized spacial score (nSPS) is 11.1. The summed E-state index contributed by atoms with van der Waals surface area (Å²) in [6, 6.07) is 0. The number of hydrogen-bond acceptors (Lipinski definition) is 3. The molecule has 1 amide bonds. The number of carbonyl (C=O) groups is 1. The fraction of sp³-hybridized carbons (Fsp3) is 0.846. The van der Waals surface area contributed by atoms with Crippen molar-refractivity contribution in [1.29, 1.82) is 0 Å². The molecular weight excluding hydrogens is 262 g/mol. The van der Waals surface area contributed by atoms with Crippen LogP contribution in [0.1, 0.15) is 41.0 Å². The number of amides is 1. The molecule has 19 heavy (non-hydrogen) atoms. The summed E-state index contributed by atoms with van der Waals surface area (Å²) in [5.41, 5.74) is -0.467. The summed E-state index contributed by atoms with van der Waals surface area (Å²) in [6.45, 7) is 11.7. The molecule has 0 aromatic rings. The highest BCUT2D eigenvalue weighted by Crippen LogP contribution is 2.05. The van der Waals surface area contributed by atoms with Crippen LogP contribution in [0.25, 0.3) is 0 Å². The molecule has 5 nitrogen and oxygen atoms in total. The molecule has 0 saturated heterocycles. The van der Waals surface area contributed by atoms with E-state index in [2.05, 4.69) is 29.8 Å². The largest absolute Gasteiger partial charge is 0.444 e. The van der Waals surface area contributed by atoms with E-state index in [1.165, 1.54) is 0 Å². The van der Waals surface area contributed by atoms with Crippen LogP contribution < -0.4 is 16.0 Å². The van der Waals surface area contributed by atoms with Gasteiger partial charge in [0.25, 0.3) is 0 Å². The molecule has 0 rings (SSSR count). The first-order valence-corrected chi connectivity index (χ1v) is 7.10. The molecule has 0 aliphatic carbocycles. The van der Waals surface area contributed by atoms with Crippen molar-refractivity contribution in [2.45, 2.75) is 46.6 Å². The smallest absolute Gasteiger partial charge is 0.407 e. The Kier molecular flexibility index (Phi) is 8.47. The molecule has 3 N–H and O–H groups in total. The van der Waals surface area contributed by atoms with Crippen LogP contribution in [0, 0.1) is 5.92 Å². The van der Waals surface area contributed by atoms with Crippen molar-refractivity contribution in [1.82, 2.24) is 16.0 Å². The molecular formula is C13H27N3O2S. The lowest BCUT2D eigenvalue weighted by Crippen LogP contribution is -2.41. The predicted molar refractivity (Wildman–Crippen MR) is 82.3 cm³/mol. The summed E-state index contributed by atoms with van der Waals surface area (Å²) in [5.74, 6) is 0.657. The van der Waals surface area contributed by atoms with E-state index in [-0.39, 0.29) is 0 Å². The minimum Gasteiger partial charge on any atom is -0.444 e. The van der Waals surface area contributed by atoms with Crippen LogP contribution in [0.5, 0.6) is 0 Å². The molecule has 112 valence electrons. The van der Waals surface area contributed by atoms with E-state index in [4.69, 9.17) is 17.0 Å². The van der Waals surface area contributed by atoms with Gasteiger partial charge in [-0.05, 0) is 45.3 Å². The molecule has 0 aliphatic rings. The second-order valence-electron chi connectivity index (χ2n) is 5.79. The first kappa shape index (κ1) is 18.0. The van der Waals surface area contributed by atoms with E-state index in [0.29, 0.717) is 24.1 Å². The number of carbonyl (C=O) groups excluding carboxylic acids is 1. The Morgan fingerprint density at radius 3 is 2.16 bits per heavy atom. The monoisotopic (exact) mass is 289 g/mol. The van der Waals surface area contributed by atoms with Gasteiger partial charge < -0.3 is 20.7 Å². The Labute approximate surface area is 121 Å². The summed E-state index contributed by atoms with van der Waals surface area (Å²) < 4.78 is 5.11. The Balaban J connectivity index is 3.53. The van der Waals surface area contributed by atoms with Gasteiger partial charge in [-0.2, -0.15) is 0 Å². The number of ether oxygens (including phenoxy) is 1. The number of alkyl carbamates (subject to hydrolysis) is 1. The van der Waals surface area contributed by atoms with Crippen LogP contribution in [-0.4, -0.2) is 36.4 Å². The maximum Gasteiger partial charge on any atom is 0.407 e. The maximum atomic E-state index is 11.3. The van der Waals surface area contributed by atoms with E-state index in [1.807, 2.05) is 20.8 Å². The van der Waals surface area contributed by atoms with Crippen LogP contribution in [0.3, 0.4) is 0 Å². The van der Waals surface area contributed by atoms with E-state index in [9.17, 15) is 4.79 Å². The van der Waals surface area contributed by atoms with Crippen LogP contribution in [-0.2, 0) is 4.74 Å². The Morgan fingerprint density at radius 2 is 1.63 bits per heavy atom. The van der Waals surface area contributed by atoms with Gasteiger partial charge in [-0.15, -0.1) is 0 Å². The zero-order valence-corrected chi connectivity index (χ0v) is 13.4. The molecule has 0 atom stereocenters. The first-order valence-electron chi connectivity index (χ1n) is 6.69. The highest BCUT2D eigenvalue weighted by Gasteiger charge is 2.15. The van der Waals surface area contributed by atoms with Gasteiger partial charge in [0.2, 0.25) is 0 Å². The zero-order valence-electron chi connectivity index (χ0n) is 12.6. The minimum atomic E-state index is -0.467. The molecule has 0 spiro atoms. The van der Waals surface area contributed by atoms with Gasteiger partial charge in [0, 0.05) is 19.6 Å². The molecule has 0 heterocycles. The molecule has 0 aliphatic heterocycles. The van der Waals surface area contributed by atoms with Crippen molar-refractivity contribution in [3.8, 4) is 0 Å². The fourth-order valence-electron chi connectivity index (χ4n) is 1.19. The standard InChI is InChI=1S/C13H27N3O2S/c1-10(2)6-7-14-11(19)15-8-9-16-12(17)18-13(3,4)5/h10H,6-9H2,1-5H3,(H,16,17)(H2,14,15,19). The number of nitrogens with one attached hydrogen (secondary N) is 3. The van der Waals surface area contributed by atoms with Gasteiger partial charge in [-0.3, -0.25) is 0 Å². The molecule has 0 unspecified atom stereocenters. The summed E-state index contributed by atoms with van der Waals surface area (Å²) in [7, 11) is 0. The first-order chi connectivity index (χ1) is 8.70. The maximum absolute atomic E-state index is 11.3. The summed E-state index contributed by atoms with van der Waals surface area (Å²) in [5, 5.41) is 9.42. The van der Waals surface area contributed by atoms with E-state index < -0.39 is 11.7 Å². The molecule has 0 saturated carbocycles. The zero-order chi connectivity index (χ0) is 14.9. The summed E-state index contributed by atoms with van der Waals surface area (Å²) >= 11 is 5.11. The number of rotatable bonds is 6. The Hall–Kier alpha value is -1.04. The van der Waals surface area contributed by atoms with Crippen LogP contribution in [0.2, 0.25) is 0 Å². The lowest BCUT2D eigenvalue weighted by Gasteiger charge is -2.19. The Bertz CT molecular complexity index is 288. The average molecular weight is 289 g/mol. The lowest BCUT2D eigenvalue weighted by atomic mass is 10.1. The summed E-state index contributed by atoms with van der Waals surface area (Å²) in [4.78, 5) is 11.3. The van der Waals surface area contributed by atoms with Gasteiger partial charge >= 0.3 is 6.09 Å². The van der Waals surface area contributed by atoms with Crippen LogP contribution in [0.4, 0.5) is 4.79 Å². The third-order valence-electron chi connectivity index (χ3n) is 2.09. The van der Waals surface area contributed by atoms with Crippen molar-refractivity contribution in [3.05, 3.63) is 0 Å². The average Bonchev–Trinajstić information content (AvgIpc) is 2.21. The highest BCUT2D eigenvalue weighted by molar-refractivity contribution is 7.80. The van der Waals surface area contributed by atoms with E-state index in [0.717, 1.165) is 13.0 Å². The SMILES string of the molecule is CC(C)CCNC(=S)NCCNC(=O)OC(C)(C)C. The van der Waals surface area contributed by atoms with Crippen molar-refractivity contribution in [2.24, 2.45) is 5.92 Å². The van der Waals surface area contributed by atoms with E-state index in [1.54, 1.807) is 0 Å². The van der Waals surface area contributed by atoms with Gasteiger partial charge in [0.1, 0.15) is 5.60 Å². The van der Waals surface area contributed by atoms with Gasteiger partial charge in [0.05, 0.1) is 0 Å². The van der Waals surface area contributed by atoms with Gasteiger partial charge in [0.15, 0.2) is 5.11 Å². The topological polar surface area (TPSA) is 62.4 Å². The quantitative estimate of drug-likeness (QED) is 0.516.